The van der Waals surface area contributed by atoms with Gasteiger partial charge in [0.1, 0.15) is 0 Å². The van der Waals surface area contributed by atoms with Gasteiger partial charge in [0.25, 0.3) is 5.91 Å². The molecule has 1 N–H and O–H groups in total. The molecule has 31 heavy (non-hydrogen) atoms. The van der Waals surface area contributed by atoms with Crippen LogP contribution < -0.4 is 9.62 Å². The second-order valence-electron chi connectivity index (χ2n) is 7.85. The first-order chi connectivity index (χ1) is 14.6. The molecule has 0 aromatic heterocycles. The van der Waals surface area contributed by atoms with Crippen molar-refractivity contribution in [3.63, 3.8) is 0 Å². The zero-order valence-corrected chi connectivity index (χ0v) is 19.1. The summed E-state index contributed by atoms with van der Waals surface area (Å²) in [5.74, 6) is -0.204. The van der Waals surface area contributed by atoms with Crippen molar-refractivity contribution in [2.75, 3.05) is 10.6 Å². The van der Waals surface area contributed by atoms with Crippen molar-refractivity contribution in [2.24, 2.45) is 0 Å². The van der Waals surface area contributed by atoms with Gasteiger partial charge in [-0.3, -0.25) is 9.10 Å². The van der Waals surface area contributed by atoms with Gasteiger partial charge in [-0.1, -0.05) is 54.1 Å². The topological polar surface area (TPSA) is 66.5 Å². The van der Waals surface area contributed by atoms with Gasteiger partial charge in [0.15, 0.2) is 0 Å². The van der Waals surface area contributed by atoms with E-state index in [0.717, 1.165) is 16.7 Å². The number of hydrogen-bond acceptors (Lipinski definition) is 3. The Morgan fingerprint density at radius 3 is 2.13 bits per heavy atom. The number of nitrogens with one attached hydrogen (secondary N) is 1. The zero-order chi connectivity index (χ0) is 22.6. The highest BCUT2D eigenvalue weighted by Gasteiger charge is 2.19. The van der Waals surface area contributed by atoms with E-state index < -0.39 is 10.0 Å². The van der Waals surface area contributed by atoms with Gasteiger partial charge >= 0.3 is 0 Å². The minimum absolute atomic E-state index is 0.138. The van der Waals surface area contributed by atoms with E-state index in [1.807, 2.05) is 69.3 Å². The summed E-state index contributed by atoms with van der Waals surface area (Å²) in [4.78, 5) is 12.7. The first kappa shape index (κ1) is 22.6. The normalized spacial score (nSPS) is 12.3. The Kier molecular flexibility index (Phi) is 6.81. The highest BCUT2D eigenvalue weighted by Crippen LogP contribution is 2.23. The molecule has 0 spiro atoms. The Bertz CT molecular complexity index is 1150. The fraction of sp³-hybridized carbons (Fsp3) is 0.240. The summed E-state index contributed by atoms with van der Waals surface area (Å²) in [6.07, 6.45) is 1.19. The molecule has 0 heterocycles. The lowest BCUT2D eigenvalue weighted by Crippen LogP contribution is -2.30. The van der Waals surface area contributed by atoms with Gasteiger partial charge < -0.3 is 5.32 Å². The molecule has 0 aliphatic rings. The van der Waals surface area contributed by atoms with Crippen molar-refractivity contribution in [3.05, 3.63) is 101 Å². The minimum atomic E-state index is -3.49. The Labute approximate surface area is 184 Å². The van der Waals surface area contributed by atoms with Crippen molar-refractivity contribution in [1.29, 1.82) is 0 Å². The molecule has 0 aliphatic heterocycles. The van der Waals surface area contributed by atoms with Gasteiger partial charge in [0, 0.05) is 5.56 Å². The highest BCUT2D eigenvalue weighted by atomic mass is 32.2. The van der Waals surface area contributed by atoms with Crippen molar-refractivity contribution in [3.8, 4) is 0 Å². The number of nitrogens with zero attached hydrogens (tertiary/aromatic N) is 1. The van der Waals surface area contributed by atoms with E-state index in [-0.39, 0.29) is 18.5 Å². The predicted octanol–water partition coefficient (Wildman–Crippen LogP) is 4.76. The molecule has 3 aromatic carbocycles. The van der Waals surface area contributed by atoms with Crippen molar-refractivity contribution >= 4 is 21.6 Å². The van der Waals surface area contributed by atoms with E-state index >= 15 is 0 Å². The largest absolute Gasteiger partial charge is 0.346 e. The van der Waals surface area contributed by atoms with Crippen LogP contribution in [0.25, 0.3) is 0 Å². The van der Waals surface area contributed by atoms with Crippen molar-refractivity contribution in [2.45, 2.75) is 33.4 Å². The van der Waals surface area contributed by atoms with Crippen LogP contribution in [-0.2, 0) is 16.6 Å². The second kappa shape index (κ2) is 9.35. The number of sulfonamides is 1. The van der Waals surface area contributed by atoms with E-state index in [2.05, 4.69) is 5.32 Å². The molecule has 0 unspecified atom stereocenters. The molecule has 0 radical (unpaired) electrons. The lowest BCUT2D eigenvalue weighted by molar-refractivity contribution is 0.0940. The molecule has 3 aromatic rings. The molecule has 0 saturated heterocycles. The molecule has 162 valence electrons. The molecule has 1 atom stereocenters. The number of rotatable bonds is 7. The molecule has 6 heteroatoms. The van der Waals surface area contributed by atoms with Crippen LogP contribution in [-0.4, -0.2) is 20.6 Å². The monoisotopic (exact) mass is 436 g/mol. The van der Waals surface area contributed by atoms with E-state index in [1.54, 1.807) is 24.3 Å². The quantitative estimate of drug-likeness (QED) is 0.581. The smallest absolute Gasteiger partial charge is 0.251 e. The van der Waals surface area contributed by atoms with Crippen LogP contribution in [0.5, 0.6) is 0 Å². The van der Waals surface area contributed by atoms with Crippen LogP contribution >= 0.6 is 0 Å². The van der Waals surface area contributed by atoms with Crippen LogP contribution in [0, 0.1) is 13.8 Å². The second-order valence-corrected chi connectivity index (χ2v) is 9.76. The first-order valence-electron chi connectivity index (χ1n) is 10.1. The number of aryl methyl sites for hydroxylation is 2. The number of carbonyl (C=O) groups excluding carboxylic acids is 1. The summed E-state index contributed by atoms with van der Waals surface area (Å²) in [6.45, 7) is 6.15. The molecule has 5 nitrogen and oxygen atoms in total. The van der Waals surface area contributed by atoms with E-state index in [0.29, 0.717) is 11.3 Å². The number of amides is 1. The number of carbonyl (C=O) groups is 1. The van der Waals surface area contributed by atoms with Gasteiger partial charge in [-0.15, -0.1) is 0 Å². The molecule has 0 bridgehead atoms. The van der Waals surface area contributed by atoms with Crippen LogP contribution in [0.4, 0.5) is 5.69 Å². The Hall–Kier alpha value is -3.12. The SMILES string of the molecule is Cc1ccc([C@H](C)NC(=O)c2ccc(N(Cc3ccccc3C)S(C)(=O)=O)cc2)cc1. The molecular weight excluding hydrogens is 408 g/mol. The number of benzene rings is 3. The van der Waals surface area contributed by atoms with Gasteiger partial charge in [-0.2, -0.15) is 0 Å². The fourth-order valence-electron chi connectivity index (χ4n) is 3.34. The summed E-state index contributed by atoms with van der Waals surface area (Å²) in [6, 6.07) is 22.2. The van der Waals surface area contributed by atoms with Gasteiger partial charge in [0.05, 0.1) is 24.5 Å². The third-order valence-corrected chi connectivity index (χ3v) is 6.46. The standard InChI is InChI=1S/C25H28N2O3S/c1-18-9-11-21(12-10-18)20(3)26-25(28)22-13-15-24(16-14-22)27(31(4,29)30)17-23-8-6-5-7-19(23)2/h5-16,20H,17H2,1-4H3,(H,26,28)/t20-/m0/s1. The van der Waals surface area contributed by atoms with Crippen LogP contribution in [0.15, 0.2) is 72.8 Å². The highest BCUT2D eigenvalue weighted by molar-refractivity contribution is 7.92. The lowest BCUT2D eigenvalue weighted by Gasteiger charge is -2.23. The van der Waals surface area contributed by atoms with E-state index in [9.17, 15) is 13.2 Å². The Morgan fingerprint density at radius 1 is 0.935 bits per heavy atom. The van der Waals surface area contributed by atoms with E-state index in [4.69, 9.17) is 0 Å². The number of anilines is 1. The van der Waals surface area contributed by atoms with Gasteiger partial charge in [-0.05, 0) is 61.7 Å². The van der Waals surface area contributed by atoms with Gasteiger partial charge in [0.2, 0.25) is 10.0 Å². The van der Waals surface area contributed by atoms with Gasteiger partial charge in [-0.25, -0.2) is 8.42 Å². The summed E-state index contributed by atoms with van der Waals surface area (Å²) in [7, 11) is -3.49. The molecule has 0 saturated carbocycles. The summed E-state index contributed by atoms with van der Waals surface area (Å²) in [5.41, 5.74) is 5.15. The van der Waals surface area contributed by atoms with Crippen LogP contribution in [0.2, 0.25) is 0 Å². The average molecular weight is 437 g/mol. The maximum atomic E-state index is 12.7. The zero-order valence-electron chi connectivity index (χ0n) is 18.3. The maximum absolute atomic E-state index is 12.7. The third-order valence-electron chi connectivity index (χ3n) is 5.32. The van der Waals surface area contributed by atoms with Crippen LogP contribution in [0.3, 0.4) is 0 Å². The fourth-order valence-corrected chi connectivity index (χ4v) is 4.22. The summed E-state index contributed by atoms with van der Waals surface area (Å²) >= 11 is 0. The minimum Gasteiger partial charge on any atom is -0.346 e. The first-order valence-corrected chi connectivity index (χ1v) is 12.0. The predicted molar refractivity (Wildman–Crippen MR) is 126 cm³/mol. The number of hydrogen-bond donors (Lipinski definition) is 1. The molecule has 1 amide bonds. The van der Waals surface area contributed by atoms with Crippen molar-refractivity contribution < 1.29 is 13.2 Å². The lowest BCUT2D eigenvalue weighted by atomic mass is 10.1. The van der Waals surface area contributed by atoms with Crippen LogP contribution in [0.1, 0.15) is 45.6 Å². The molecule has 0 fully saturated rings. The average Bonchev–Trinajstić information content (AvgIpc) is 2.73. The molecular formula is C25H28N2O3S. The molecule has 3 rings (SSSR count). The summed E-state index contributed by atoms with van der Waals surface area (Å²) < 4.78 is 26.2. The third kappa shape index (κ3) is 5.73. The Morgan fingerprint density at radius 2 is 1.55 bits per heavy atom. The van der Waals surface area contributed by atoms with E-state index in [1.165, 1.54) is 16.1 Å². The Balaban J connectivity index is 1.77. The maximum Gasteiger partial charge on any atom is 0.251 e. The summed E-state index contributed by atoms with van der Waals surface area (Å²) in [5, 5.41) is 2.99. The van der Waals surface area contributed by atoms with Crippen molar-refractivity contribution in [1.82, 2.24) is 5.32 Å². The molecule has 0 aliphatic carbocycles.